The van der Waals surface area contributed by atoms with Crippen molar-refractivity contribution in [2.75, 3.05) is 5.75 Å². The van der Waals surface area contributed by atoms with E-state index in [1.54, 1.807) is 30.3 Å². The second kappa shape index (κ2) is 8.04. The van der Waals surface area contributed by atoms with E-state index in [2.05, 4.69) is 15.6 Å². The van der Waals surface area contributed by atoms with Crippen LogP contribution in [0, 0.1) is 5.82 Å². The Morgan fingerprint density at radius 3 is 2.62 bits per heavy atom. The highest BCUT2D eigenvalue weighted by Crippen LogP contribution is 2.23. The molecule has 4 rings (SSSR count). The number of aromatic nitrogens is 2. The van der Waals surface area contributed by atoms with Crippen molar-refractivity contribution in [3.8, 4) is 5.69 Å². The summed E-state index contributed by atoms with van der Waals surface area (Å²) in [6.07, 6.45) is 1.82. The minimum atomic E-state index is -0.582. The van der Waals surface area contributed by atoms with E-state index in [9.17, 15) is 18.8 Å². The van der Waals surface area contributed by atoms with Crippen LogP contribution in [0.5, 0.6) is 0 Å². The molecule has 0 radical (unpaired) electrons. The normalized spacial score (nSPS) is 13.3. The number of carbonyl (C=O) groups is 2. The summed E-state index contributed by atoms with van der Waals surface area (Å²) in [5.74, 6) is -1.27. The van der Waals surface area contributed by atoms with Crippen molar-refractivity contribution in [2.24, 2.45) is 0 Å². The minimum absolute atomic E-state index is 0.0464. The number of thioether (sulfide) groups is 1. The number of urea groups is 1. The van der Waals surface area contributed by atoms with Gasteiger partial charge in [-0.2, -0.15) is 0 Å². The van der Waals surface area contributed by atoms with Crippen LogP contribution in [0.3, 0.4) is 0 Å². The number of carbonyl (C=O) groups excluding carboxylic acids is 2. The van der Waals surface area contributed by atoms with Gasteiger partial charge in [0.15, 0.2) is 5.16 Å². The Bertz CT molecular complexity index is 1160. The van der Waals surface area contributed by atoms with Crippen LogP contribution < -0.4 is 16.2 Å². The predicted octanol–water partition coefficient (Wildman–Crippen LogP) is 2.61. The molecular weight excluding hydrogens is 395 g/mol. The van der Waals surface area contributed by atoms with Crippen molar-refractivity contribution in [1.82, 2.24) is 20.2 Å². The van der Waals surface area contributed by atoms with Gasteiger partial charge >= 0.3 is 6.03 Å². The number of imide groups is 1. The number of benzene rings is 2. The molecule has 3 amide bonds. The van der Waals surface area contributed by atoms with Crippen LogP contribution in [0.2, 0.25) is 0 Å². The third-order valence-corrected chi connectivity index (χ3v) is 5.27. The number of nitrogens with zero attached hydrogens (tertiary/aromatic N) is 2. The maximum absolute atomic E-state index is 14.4. The molecule has 0 saturated heterocycles. The first-order valence-electron chi connectivity index (χ1n) is 9.03. The zero-order valence-electron chi connectivity index (χ0n) is 15.2. The van der Waals surface area contributed by atoms with Gasteiger partial charge in [0.25, 0.3) is 5.56 Å². The lowest BCUT2D eigenvalue weighted by Gasteiger charge is -2.13. The smallest absolute Gasteiger partial charge is 0.321 e. The van der Waals surface area contributed by atoms with E-state index in [4.69, 9.17) is 0 Å². The van der Waals surface area contributed by atoms with E-state index in [1.165, 1.54) is 18.2 Å². The quantitative estimate of drug-likeness (QED) is 0.496. The number of hydrogen-bond donors (Lipinski definition) is 2. The molecule has 0 aliphatic heterocycles. The van der Waals surface area contributed by atoms with Crippen LogP contribution in [-0.4, -0.2) is 33.3 Å². The Hall–Kier alpha value is -3.20. The third kappa shape index (κ3) is 4.29. The molecule has 0 spiro atoms. The van der Waals surface area contributed by atoms with Gasteiger partial charge in [0, 0.05) is 6.04 Å². The molecule has 3 aromatic rings. The van der Waals surface area contributed by atoms with Gasteiger partial charge in [-0.3, -0.25) is 19.5 Å². The molecule has 2 aromatic carbocycles. The largest absolute Gasteiger partial charge is 0.335 e. The van der Waals surface area contributed by atoms with Gasteiger partial charge in [-0.25, -0.2) is 14.2 Å². The molecule has 1 heterocycles. The van der Waals surface area contributed by atoms with Crippen LogP contribution in [0.1, 0.15) is 12.8 Å². The molecule has 0 atom stereocenters. The number of fused-ring (bicyclic) bond motifs is 1. The molecule has 1 saturated carbocycles. The summed E-state index contributed by atoms with van der Waals surface area (Å²) < 4.78 is 15.6. The summed E-state index contributed by atoms with van der Waals surface area (Å²) in [5.41, 5.74) is 0.0553. The first kappa shape index (κ1) is 19.1. The summed E-state index contributed by atoms with van der Waals surface area (Å²) in [5, 5.41) is 5.41. The fraction of sp³-hybridized carbons (Fsp3) is 0.200. The first-order valence-corrected chi connectivity index (χ1v) is 10.0. The number of halogens is 1. The van der Waals surface area contributed by atoms with Gasteiger partial charge in [-0.05, 0) is 37.1 Å². The van der Waals surface area contributed by atoms with E-state index in [0.29, 0.717) is 10.9 Å². The highest BCUT2D eigenvalue weighted by atomic mass is 32.2. The maximum atomic E-state index is 14.4. The minimum Gasteiger partial charge on any atom is -0.335 e. The maximum Gasteiger partial charge on any atom is 0.321 e. The second-order valence-corrected chi connectivity index (χ2v) is 7.53. The lowest BCUT2D eigenvalue weighted by molar-refractivity contribution is -0.117. The van der Waals surface area contributed by atoms with Crippen molar-refractivity contribution in [1.29, 1.82) is 0 Å². The first-order chi connectivity index (χ1) is 14.0. The summed E-state index contributed by atoms with van der Waals surface area (Å²) >= 11 is 0.957. The van der Waals surface area contributed by atoms with Crippen LogP contribution in [-0.2, 0) is 4.79 Å². The van der Waals surface area contributed by atoms with Gasteiger partial charge in [-0.1, -0.05) is 36.0 Å². The van der Waals surface area contributed by atoms with Crippen LogP contribution in [0.4, 0.5) is 9.18 Å². The molecule has 7 nitrogen and oxygen atoms in total. The number of para-hydroxylation sites is 2. The highest BCUT2D eigenvalue weighted by Gasteiger charge is 2.24. The number of rotatable bonds is 5. The van der Waals surface area contributed by atoms with E-state index in [1.807, 2.05) is 0 Å². The number of hydrogen-bond acceptors (Lipinski definition) is 5. The lowest BCUT2D eigenvalue weighted by atomic mass is 10.2. The lowest BCUT2D eigenvalue weighted by Crippen LogP contribution is -2.41. The topological polar surface area (TPSA) is 93.1 Å². The van der Waals surface area contributed by atoms with Crippen molar-refractivity contribution >= 4 is 34.6 Å². The molecule has 1 aliphatic carbocycles. The molecule has 0 bridgehead atoms. The molecule has 1 aromatic heterocycles. The summed E-state index contributed by atoms with van der Waals surface area (Å²) in [6, 6.07) is 12.2. The monoisotopic (exact) mass is 412 g/mol. The van der Waals surface area contributed by atoms with Gasteiger partial charge < -0.3 is 5.32 Å². The van der Waals surface area contributed by atoms with Crippen molar-refractivity contribution in [3.63, 3.8) is 0 Å². The van der Waals surface area contributed by atoms with E-state index >= 15 is 0 Å². The zero-order chi connectivity index (χ0) is 20.4. The number of amides is 3. The van der Waals surface area contributed by atoms with Gasteiger partial charge in [0.05, 0.1) is 22.3 Å². The van der Waals surface area contributed by atoms with Crippen LogP contribution in [0.15, 0.2) is 58.5 Å². The molecule has 9 heteroatoms. The van der Waals surface area contributed by atoms with Crippen molar-refractivity contribution in [2.45, 2.75) is 24.0 Å². The predicted molar refractivity (Wildman–Crippen MR) is 108 cm³/mol. The van der Waals surface area contributed by atoms with Gasteiger partial charge in [0.2, 0.25) is 5.91 Å². The fourth-order valence-electron chi connectivity index (χ4n) is 2.80. The Morgan fingerprint density at radius 2 is 1.86 bits per heavy atom. The SMILES string of the molecule is O=C(CSc1nc2ccccc2c(=O)n1-c1ccccc1F)NC(=O)NC1CC1. The zero-order valence-corrected chi connectivity index (χ0v) is 16.0. The third-order valence-electron chi connectivity index (χ3n) is 4.34. The van der Waals surface area contributed by atoms with E-state index < -0.39 is 23.3 Å². The average Bonchev–Trinajstić information content (AvgIpc) is 3.51. The fourth-order valence-corrected chi connectivity index (χ4v) is 3.60. The number of nitrogens with one attached hydrogen (secondary N) is 2. The van der Waals surface area contributed by atoms with Crippen molar-refractivity contribution in [3.05, 3.63) is 64.7 Å². The Kier molecular flexibility index (Phi) is 5.30. The Balaban J connectivity index is 1.64. The van der Waals surface area contributed by atoms with E-state index in [0.717, 1.165) is 29.2 Å². The van der Waals surface area contributed by atoms with Crippen LogP contribution in [0.25, 0.3) is 16.6 Å². The molecule has 1 aliphatic rings. The average molecular weight is 412 g/mol. The van der Waals surface area contributed by atoms with Gasteiger partial charge in [0.1, 0.15) is 5.82 Å². The summed E-state index contributed by atoms with van der Waals surface area (Å²) in [6.45, 7) is 0. The molecular formula is C20H17FN4O3S. The van der Waals surface area contributed by atoms with E-state index in [-0.39, 0.29) is 22.6 Å². The molecule has 0 unspecified atom stereocenters. The second-order valence-electron chi connectivity index (χ2n) is 6.59. The Labute approximate surface area is 169 Å². The molecule has 2 N–H and O–H groups in total. The standard InChI is InChI=1S/C20H17FN4O3S/c21-14-6-2-4-8-16(14)25-18(27)13-5-1-3-7-15(13)23-20(25)29-11-17(26)24-19(28)22-12-9-10-12/h1-8,12H,9-11H2,(H2,22,24,26,28). The summed E-state index contributed by atoms with van der Waals surface area (Å²) in [7, 11) is 0. The summed E-state index contributed by atoms with van der Waals surface area (Å²) in [4.78, 5) is 41.3. The van der Waals surface area contributed by atoms with Crippen molar-refractivity contribution < 1.29 is 14.0 Å². The van der Waals surface area contributed by atoms with Gasteiger partial charge in [-0.15, -0.1) is 0 Å². The Morgan fingerprint density at radius 1 is 1.14 bits per heavy atom. The molecule has 1 fully saturated rings. The molecule has 148 valence electrons. The van der Waals surface area contributed by atoms with Crippen LogP contribution >= 0.6 is 11.8 Å². The highest BCUT2D eigenvalue weighted by molar-refractivity contribution is 7.99. The molecule has 29 heavy (non-hydrogen) atoms.